The van der Waals surface area contributed by atoms with Crippen LogP contribution < -0.4 is 5.32 Å². The summed E-state index contributed by atoms with van der Waals surface area (Å²) in [5.41, 5.74) is 3.93. The number of benzene rings is 1. The number of halogens is 1. The van der Waals surface area contributed by atoms with E-state index in [1.54, 1.807) is 12.5 Å². The van der Waals surface area contributed by atoms with Crippen molar-refractivity contribution in [1.82, 2.24) is 19.9 Å². The van der Waals surface area contributed by atoms with E-state index in [1.165, 1.54) is 6.92 Å². The molecule has 3 aromatic rings. The smallest absolute Gasteiger partial charge is 0.217 e. The van der Waals surface area contributed by atoms with Gasteiger partial charge < -0.3 is 5.32 Å². The summed E-state index contributed by atoms with van der Waals surface area (Å²) in [6.45, 7) is 3.48. The molecule has 2 heterocycles. The van der Waals surface area contributed by atoms with Crippen LogP contribution in [0.4, 0.5) is 0 Å². The molecule has 22 heavy (non-hydrogen) atoms. The Hall–Kier alpha value is -2.21. The standard InChI is InChI=1S/C16H15BrN4O/c1-10(20-11(2)22)12-3-4-15-14(7-12)19-9-21(15)13-5-6-18-16(17)8-13/h3-10H,1-2H3,(H,20,22)/t10-/m1/s1. The number of nitrogens with zero attached hydrogens (tertiary/aromatic N) is 3. The first-order valence-corrected chi connectivity index (χ1v) is 7.70. The average Bonchev–Trinajstić information content (AvgIpc) is 2.89. The highest BCUT2D eigenvalue weighted by molar-refractivity contribution is 9.10. The summed E-state index contributed by atoms with van der Waals surface area (Å²) in [4.78, 5) is 19.8. The third-order valence-electron chi connectivity index (χ3n) is 3.48. The van der Waals surface area contributed by atoms with E-state index in [9.17, 15) is 4.79 Å². The molecule has 0 spiro atoms. The number of aromatic nitrogens is 3. The molecule has 0 aliphatic carbocycles. The number of rotatable bonds is 3. The molecule has 0 aliphatic rings. The van der Waals surface area contributed by atoms with Crippen molar-refractivity contribution < 1.29 is 4.79 Å². The zero-order valence-corrected chi connectivity index (χ0v) is 13.8. The van der Waals surface area contributed by atoms with Gasteiger partial charge in [-0.15, -0.1) is 0 Å². The van der Waals surface area contributed by atoms with Gasteiger partial charge in [-0.05, 0) is 52.7 Å². The summed E-state index contributed by atoms with van der Waals surface area (Å²) < 4.78 is 2.79. The van der Waals surface area contributed by atoms with Crippen LogP contribution >= 0.6 is 15.9 Å². The molecule has 0 radical (unpaired) electrons. The van der Waals surface area contributed by atoms with Crippen molar-refractivity contribution in [3.05, 3.63) is 53.0 Å². The second-order valence-electron chi connectivity index (χ2n) is 5.12. The highest BCUT2D eigenvalue weighted by atomic mass is 79.9. The van der Waals surface area contributed by atoms with Crippen molar-refractivity contribution in [3.8, 4) is 5.69 Å². The monoisotopic (exact) mass is 358 g/mol. The lowest BCUT2D eigenvalue weighted by atomic mass is 10.1. The predicted octanol–water partition coefficient (Wildman–Crippen LogP) is 3.38. The van der Waals surface area contributed by atoms with E-state index in [0.717, 1.165) is 26.9 Å². The maximum Gasteiger partial charge on any atom is 0.217 e. The first kappa shape index (κ1) is 14.7. The normalized spacial score (nSPS) is 12.3. The lowest BCUT2D eigenvalue weighted by Gasteiger charge is -2.13. The molecule has 3 rings (SSSR count). The Morgan fingerprint density at radius 2 is 2.09 bits per heavy atom. The van der Waals surface area contributed by atoms with Crippen LogP contribution in [0.1, 0.15) is 25.5 Å². The van der Waals surface area contributed by atoms with Crippen LogP contribution in [0.25, 0.3) is 16.7 Å². The highest BCUT2D eigenvalue weighted by Gasteiger charge is 2.10. The molecule has 6 heteroatoms. The fraction of sp³-hybridized carbons (Fsp3) is 0.188. The number of imidazole rings is 1. The van der Waals surface area contributed by atoms with Crippen molar-refractivity contribution in [2.75, 3.05) is 0 Å². The third-order valence-corrected chi connectivity index (χ3v) is 3.91. The molecule has 0 unspecified atom stereocenters. The van der Waals surface area contributed by atoms with E-state index in [1.807, 2.05) is 41.8 Å². The van der Waals surface area contributed by atoms with Crippen molar-refractivity contribution in [1.29, 1.82) is 0 Å². The average molecular weight is 359 g/mol. The maximum atomic E-state index is 11.2. The summed E-state index contributed by atoms with van der Waals surface area (Å²) in [5.74, 6) is -0.0419. The van der Waals surface area contributed by atoms with Gasteiger partial charge in [-0.1, -0.05) is 6.07 Å². The molecule has 2 aromatic heterocycles. The number of carbonyl (C=O) groups excluding carboxylic acids is 1. The summed E-state index contributed by atoms with van der Waals surface area (Å²) in [7, 11) is 0. The van der Waals surface area contributed by atoms with Crippen LogP contribution in [0.5, 0.6) is 0 Å². The first-order valence-electron chi connectivity index (χ1n) is 6.90. The van der Waals surface area contributed by atoms with Gasteiger partial charge in [0.1, 0.15) is 10.9 Å². The number of nitrogens with one attached hydrogen (secondary N) is 1. The second-order valence-corrected chi connectivity index (χ2v) is 5.93. The summed E-state index contributed by atoms with van der Waals surface area (Å²) >= 11 is 3.38. The highest BCUT2D eigenvalue weighted by Crippen LogP contribution is 2.23. The predicted molar refractivity (Wildman–Crippen MR) is 88.8 cm³/mol. The minimum Gasteiger partial charge on any atom is -0.350 e. The summed E-state index contributed by atoms with van der Waals surface area (Å²) in [6.07, 6.45) is 3.54. The topological polar surface area (TPSA) is 59.8 Å². The summed E-state index contributed by atoms with van der Waals surface area (Å²) in [5, 5.41) is 2.88. The van der Waals surface area contributed by atoms with Crippen molar-refractivity contribution in [2.45, 2.75) is 19.9 Å². The minimum absolute atomic E-state index is 0.0397. The van der Waals surface area contributed by atoms with E-state index in [4.69, 9.17) is 0 Å². The number of carbonyl (C=O) groups is 1. The Balaban J connectivity index is 2.01. The number of amides is 1. The van der Waals surface area contributed by atoms with Gasteiger partial charge in [-0.25, -0.2) is 9.97 Å². The molecular weight excluding hydrogens is 344 g/mol. The number of fused-ring (bicyclic) bond motifs is 1. The van der Waals surface area contributed by atoms with Gasteiger partial charge in [0.2, 0.25) is 5.91 Å². The Morgan fingerprint density at radius 1 is 1.27 bits per heavy atom. The molecule has 0 bridgehead atoms. The van der Waals surface area contributed by atoms with Gasteiger partial charge in [0.15, 0.2) is 0 Å². The van der Waals surface area contributed by atoms with E-state index in [-0.39, 0.29) is 11.9 Å². The van der Waals surface area contributed by atoms with Crippen LogP contribution in [0, 0.1) is 0 Å². The van der Waals surface area contributed by atoms with E-state index in [0.29, 0.717) is 0 Å². The van der Waals surface area contributed by atoms with Crippen molar-refractivity contribution >= 4 is 32.9 Å². The van der Waals surface area contributed by atoms with E-state index >= 15 is 0 Å². The molecule has 0 saturated carbocycles. The Kier molecular flexibility index (Phi) is 3.94. The molecule has 112 valence electrons. The molecule has 0 aliphatic heterocycles. The van der Waals surface area contributed by atoms with Crippen molar-refractivity contribution in [3.63, 3.8) is 0 Å². The fourth-order valence-corrected chi connectivity index (χ4v) is 2.79. The van der Waals surface area contributed by atoms with Crippen LogP contribution in [0.15, 0.2) is 47.5 Å². The fourth-order valence-electron chi connectivity index (χ4n) is 2.44. The zero-order valence-electron chi connectivity index (χ0n) is 12.2. The SMILES string of the molecule is CC(=O)N[C@H](C)c1ccc2c(c1)ncn2-c1ccnc(Br)c1. The second kappa shape index (κ2) is 5.88. The molecule has 1 aromatic carbocycles. The van der Waals surface area contributed by atoms with Crippen molar-refractivity contribution in [2.24, 2.45) is 0 Å². The molecule has 1 amide bonds. The van der Waals surface area contributed by atoms with Gasteiger partial charge in [0.05, 0.1) is 22.8 Å². The van der Waals surface area contributed by atoms with E-state index in [2.05, 4.69) is 31.2 Å². The van der Waals surface area contributed by atoms with E-state index < -0.39 is 0 Å². The quantitative estimate of drug-likeness (QED) is 0.730. The van der Waals surface area contributed by atoms with Gasteiger partial charge in [-0.2, -0.15) is 0 Å². The number of hydrogen-bond donors (Lipinski definition) is 1. The van der Waals surface area contributed by atoms with Crippen LogP contribution in [0.3, 0.4) is 0 Å². The van der Waals surface area contributed by atoms with Gasteiger partial charge >= 0.3 is 0 Å². The molecule has 5 nitrogen and oxygen atoms in total. The summed E-state index contributed by atoms with van der Waals surface area (Å²) in [6, 6.07) is 9.86. The third kappa shape index (κ3) is 2.87. The minimum atomic E-state index is -0.0419. The number of hydrogen-bond acceptors (Lipinski definition) is 3. The molecule has 0 saturated heterocycles. The first-order chi connectivity index (χ1) is 10.5. The van der Waals surface area contributed by atoms with Crippen LogP contribution in [-0.2, 0) is 4.79 Å². The molecular formula is C16H15BrN4O. The molecule has 0 fully saturated rings. The largest absolute Gasteiger partial charge is 0.350 e. The number of pyridine rings is 1. The Labute approximate surface area is 136 Å². The van der Waals surface area contributed by atoms with Crippen LogP contribution in [-0.4, -0.2) is 20.4 Å². The van der Waals surface area contributed by atoms with Gasteiger partial charge in [0, 0.05) is 13.1 Å². The Bertz CT molecular complexity index is 843. The maximum absolute atomic E-state index is 11.2. The Morgan fingerprint density at radius 3 is 2.82 bits per heavy atom. The lowest BCUT2D eigenvalue weighted by Crippen LogP contribution is -2.23. The van der Waals surface area contributed by atoms with Gasteiger partial charge in [-0.3, -0.25) is 9.36 Å². The van der Waals surface area contributed by atoms with Crippen LogP contribution in [0.2, 0.25) is 0 Å². The lowest BCUT2D eigenvalue weighted by molar-refractivity contribution is -0.119. The molecule has 1 N–H and O–H groups in total. The molecule has 1 atom stereocenters. The zero-order chi connectivity index (χ0) is 15.7. The van der Waals surface area contributed by atoms with Gasteiger partial charge in [0.25, 0.3) is 0 Å².